The average molecular weight is 400 g/mol. The molecule has 1 rings (SSSR count). The molecule has 0 unspecified atom stereocenters. The van der Waals surface area contributed by atoms with Gasteiger partial charge < -0.3 is 13.8 Å². The van der Waals surface area contributed by atoms with Crippen molar-refractivity contribution in [1.82, 2.24) is 4.90 Å². The monoisotopic (exact) mass is 399 g/mol. The predicted octanol–water partition coefficient (Wildman–Crippen LogP) is 3.99. The summed E-state index contributed by atoms with van der Waals surface area (Å²) < 4.78 is 34.1. The molecule has 0 aromatic heterocycles. The highest BCUT2D eigenvalue weighted by Crippen LogP contribution is 2.31. The first-order chi connectivity index (χ1) is 12.4. The van der Waals surface area contributed by atoms with Gasteiger partial charge in [0.15, 0.2) is 11.5 Å². The van der Waals surface area contributed by atoms with E-state index in [4.69, 9.17) is 8.92 Å². The molecule has 1 aromatic rings. The van der Waals surface area contributed by atoms with E-state index in [1.54, 1.807) is 12.1 Å². The summed E-state index contributed by atoms with van der Waals surface area (Å²) in [6.07, 6.45) is 1.28. The molecule has 1 amide bonds. The molecule has 0 spiro atoms. The standard InChI is InChI=1S/C20H33NO5S/c1-8-15(3)21(19(22)13-20(4,5)6)14-16-10-11-17(25-7)18(12-16)26-27(23,24)9-2/h10-12,15H,8-9,13-14H2,1-7H3/t15-/m0/s1. The molecule has 0 fully saturated rings. The van der Waals surface area contributed by atoms with Crippen molar-refractivity contribution >= 4 is 16.0 Å². The Labute approximate surface area is 164 Å². The third-order valence-electron chi connectivity index (χ3n) is 4.28. The average Bonchev–Trinajstić information content (AvgIpc) is 2.57. The van der Waals surface area contributed by atoms with Crippen molar-refractivity contribution in [3.8, 4) is 11.5 Å². The van der Waals surface area contributed by atoms with Crippen molar-refractivity contribution in [2.75, 3.05) is 12.9 Å². The van der Waals surface area contributed by atoms with E-state index in [0.29, 0.717) is 18.7 Å². The van der Waals surface area contributed by atoms with Gasteiger partial charge in [0.1, 0.15) is 0 Å². The van der Waals surface area contributed by atoms with Crippen LogP contribution in [0.3, 0.4) is 0 Å². The number of benzene rings is 1. The van der Waals surface area contributed by atoms with Crippen molar-refractivity contribution in [2.24, 2.45) is 5.41 Å². The smallest absolute Gasteiger partial charge is 0.309 e. The van der Waals surface area contributed by atoms with Crippen LogP contribution in [0.1, 0.15) is 59.9 Å². The Morgan fingerprint density at radius 1 is 1.19 bits per heavy atom. The zero-order valence-electron chi connectivity index (χ0n) is 17.5. The Hall–Kier alpha value is -1.76. The highest BCUT2D eigenvalue weighted by molar-refractivity contribution is 7.87. The Kier molecular flexibility index (Phi) is 8.14. The first-order valence-electron chi connectivity index (χ1n) is 9.31. The van der Waals surface area contributed by atoms with Crippen molar-refractivity contribution in [3.05, 3.63) is 23.8 Å². The SMILES string of the molecule is CC[C@H](C)N(Cc1ccc(OC)c(OS(=O)(=O)CC)c1)C(=O)CC(C)(C)C. The summed E-state index contributed by atoms with van der Waals surface area (Å²) in [7, 11) is -2.22. The Morgan fingerprint density at radius 2 is 1.81 bits per heavy atom. The van der Waals surface area contributed by atoms with Gasteiger partial charge in [0.05, 0.1) is 12.9 Å². The molecule has 0 heterocycles. The Morgan fingerprint density at radius 3 is 2.30 bits per heavy atom. The van der Waals surface area contributed by atoms with E-state index >= 15 is 0 Å². The summed E-state index contributed by atoms with van der Waals surface area (Å²) in [5.41, 5.74) is 0.686. The molecule has 154 valence electrons. The van der Waals surface area contributed by atoms with Crippen LogP contribution in [0, 0.1) is 5.41 Å². The zero-order chi connectivity index (χ0) is 20.8. The van der Waals surface area contributed by atoms with E-state index in [1.807, 2.05) is 45.6 Å². The predicted molar refractivity (Wildman–Crippen MR) is 107 cm³/mol. The number of ether oxygens (including phenoxy) is 1. The minimum Gasteiger partial charge on any atom is -0.493 e. The van der Waals surface area contributed by atoms with Crippen LogP contribution in [0.4, 0.5) is 0 Å². The number of amides is 1. The third-order valence-corrected chi connectivity index (χ3v) is 5.42. The number of rotatable bonds is 9. The van der Waals surface area contributed by atoms with Gasteiger partial charge in [-0.2, -0.15) is 8.42 Å². The molecule has 27 heavy (non-hydrogen) atoms. The highest BCUT2D eigenvalue weighted by atomic mass is 32.2. The van der Waals surface area contributed by atoms with Gasteiger partial charge in [0, 0.05) is 19.0 Å². The van der Waals surface area contributed by atoms with E-state index in [1.165, 1.54) is 14.0 Å². The van der Waals surface area contributed by atoms with Crippen LogP contribution in [0.25, 0.3) is 0 Å². The van der Waals surface area contributed by atoms with Gasteiger partial charge in [-0.25, -0.2) is 0 Å². The molecule has 0 aliphatic rings. The number of hydrogen-bond donors (Lipinski definition) is 0. The molecule has 0 N–H and O–H groups in total. The first kappa shape index (κ1) is 23.3. The molecular formula is C20H33NO5S. The quantitative estimate of drug-likeness (QED) is 0.587. The van der Waals surface area contributed by atoms with Crippen LogP contribution in [0.2, 0.25) is 0 Å². The third kappa shape index (κ3) is 7.40. The Bertz CT molecular complexity index is 737. The maximum absolute atomic E-state index is 12.8. The second-order valence-electron chi connectivity index (χ2n) is 7.93. The first-order valence-corrected chi connectivity index (χ1v) is 10.9. The fourth-order valence-corrected chi connectivity index (χ4v) is 3.06. The van der Waals surface area contributed by atoms with Crippen LogP contribution in [-0.2, 0) is 21.5 Å². The van der Waals surface area contributed by atoms with E-state index in [-0.39, 0.29) is 28.9 Å². The van der Waals surface area contributed by atoms with Gasteiger partial charge in [0.2, 0.25) is 5.91 Å². The lowest BCUT2D eigenvalue weighted by Gasteiger charge is -2.31. The number of carbonyl (C=O) groups excluding carboxylic acids is 1. The summed E-state index contributed by atoms with van der Waals surface area (Å²) >= 11 is 0. The van der Waals surface area contributed by atoms with E-state index in [9.17, 15) is 13.2 Å². The molecule has 0 saturated heterocycles. The molecular weight excluding hydrogens is 366 g/mol. The molecule has 1 aromatic carbocycles. The van der Waals surface area contributed by atoms with Crippen LogP contribution in [0.5, 0.6) is 11.5 Å². The molecule has 6 nitrogen and oxygen atoms in total. The molecule has 1 atom stereocenters. The second-order valence-corrected chi connectivity index (χ2v) is 9.79. The van der Waals surface area contributed by atoms with Crippen LogP contribution >= 0.6 is 0 Å². The fraction of sp³-hybridized carbons (Fsp3) is 0.650. The topological polar surface area (TPSA) is 72.9 Å². The van der Waals surface area contributed by atoms with Gasteiger partial charge in [-0.3, -0.25) is 4.79 Å². The summed E-state index contributed by atoms with van der Waals surface area (Å²) in [6.45, 7) is 12.1. The van der Waals surface area contributed by atoms with E-state index < -0.39 is 10.1 Å². The minimum atomic E-state index is -3.67. The van der Waals surface area contributed by atoms with Crippen molar-refractivity contribution in [1.29, 1.82) is 0 Å². The lowest BCUT2D eigenvalue weighted by Crippen LogP contribution is -2.39. The largest absolute Gasteiger partial charge is 0.493 e. The number of carbonyl (C=O) groups is 1. The van der Waals surface area contributed by atoms with Gasteiger partial charge in [0.25, 0.3) is 0 Å². The van der Waals surface area contributed by atoms with E-state index in [0.717, 1.165) is 12.0 Å². The van der Waals surface area contributed by atoms with Gasteiger partial charge in [-0.05, 0) is 43.4 Å². The molecule has 0 saturated carbocycles. The second kappa shape index (κ2) is 9.44. The van der Waals surface area contributed by atoms with Crippen LogP contribution in [0.15, 0.2) is 18.2 Å². The van der Waals surface area contributed by atoms with Gasteiger partial charge in [-0.15, -0.1) is 0 Å². The normalized spacial score (nSPS) is 13.1. The van der Waals surface area contributed by atoms with Gasteiger partial charge in [-0.1, -0.05) is 33.8 Å². The molecule has 0 aliphatic heterocycles. The summed E-state index contributed by atoms with van der Waals surface area (Å²) in [5, 5.41) is 0. The zero-order valence-corrected chi connectivity index (χ0v) is 18.4. The molecule has 0 radical (unpaired) electrons. The molecule has 7 heteroatoms. The number of hydrogen-bond acceptors (Lipinski definition) is 5. The number of methoxy groups -OCH3 is 1. The van der Waals surface area contributed by atoms with Crippen molar-refractivity contribution in [2.45, 2.75) is 67.0 Å². The number of nitrogens with zero attached hydrogens (tertiary/aromatic N) is 1. The molecule has 0 bridgehead atoms. The summed E-state index contributed by atoms with van der Waals surface area (Å²) in [6, 6.07) is 5.19. The fourth-order valence-electron chi connectivity index (χ4n) is 2.54. The maximum Gasteiger partial charge on any atom is 0.309 e. The summed E-state index contributed by atoms with van der Waals surface area (Å²) in [5.74, 6) is 0.427. The lowest BCUT2D eigenvalue weighted by atomic mass is 9.91. The Balaban J connectivity index is 3.16. The van der Waals surface area contributed by atoms with Crippen molar-refractivity contribution in [3.63, 3.8) is 0 Å². The van der Waals surface area contributed by atoms with Crippen LogP contribution in [-0.4, -0.2) is 38.1 Å². The maximum atomic E-state index is 12.8. The van der Waals surface area contributed by atoms with Gasteiger partial charge >= 0.3 is 10.1 Å². The minimum absolute atomic E-state index is 0.0747. The van der Waals surface area contributed by atoms with Crippen molar-refractivity contribution < 1.29 is 22.1 Å². The lowest BCUT2D eigenvalue weighted by molar-refractivity contribution is -0.135. The summed E-state index contributed by atoms with van der Waals surface area (Å²) in [4.78, 5) is 14.7. The highest BCUT2D eigenvalue weighted by Gasteiger charge is 2.25. The van der Waals surface area contributed by atoms with E-state index in [2.05, 4.69) is 0 Å². The van der Waals surface area contributed by atoms with Crippen LogP contribution < -0.4 is 8.92 Å². The molecule has 0 aliphatic carbocycles.